The first-order valence-electron chi connectivity index (χ1n) is 8.26. The van der Waals surface area contributed by atoms with Crippen LogP contribution in [-0.2, 0) is 0 Å². The first-order chi connectivity index (χ1) is 12.3. The minimum atomic E-state index is -1.22. The van der Waals surface area contributed by atoms with Gasteiger partial charge in [0.2, 0.25) is 0 Å². The standard InChI is InChI=1S/C18H21FN4O3/c1-22(2)16-14(19)9-20-15(21-16)12-3-5-13(6-4-12)17(25)23-8-7-18(26,10-23)11-24/h3-6,9,24,26H,7-8,10-11H2,1-2H3/t18-/m0/s1. The van der Waals surface area contributed by atoms with Crippen LogP contribution < -0.4 is 4.90 Å². The Labute approximate surface area is 150 Å². The molecule has 1 atom stereocenters. The molecule has 3 rings (SSSR count). The number of aromatic nitrogens is 2. The highest BCUT2D eigenvalue weighted by Crippen LogP contribution is 2.24. The average molecular weight is 360 g/mol. The van der Waals surface area contributed by atoms with Gasteiger partial charge in [0.1, 0.15) is 5.60 Å². The van der Waals surface area contributed by atoms with E-state index in [1.807, 2.05) is 0 Å². The monoisotopic (exact) mass is 360 g/mol. The van der Waals surface area contributed by atoms with E-state index in [0.29, 0.717) is 29.9 Å². The topological polar surface area (TPSA) is 89.8 Å². The highest BCUT2D eigenvalue weighted by Gasteiger charge is 2.37. The third-order valence-electron chi connectivity index (χ3n) is 4.45. The molecule has 0 unspecified atom stereocenters. The molecule has 8 heteroatoms. The number of carbonyl (C=O) groups excluding carboxylic acids is 1. The maximum atomic E-state index is 13.7. The SMILES string of the molecule is CN(C)c1nc(-c2ccc(C(=O)N3CC[C@@](O)(CO)C3)cc2)ncc1F. The van der Waals surface area contributed by atoms with Crippen LogP contribution in [-0.4, -0.2) is 70.4 Å². The van der Waals surface area contributed by atoms with Crippen molar-refractivity contribution in [2.75, 3.05) is 38.7 Å². The van der Waals surface area contributed by atoms with E-state index in [1.165, 1.54) is 4.90 Å². The van der Waals surface area contributed by atoms with E-state index in [9.17, 15) is 19.4 Å². The number of rotatable bonds is 4. The van der Waals surface area contributed by atoms with E-state index in [2.05, 4.69) is 9.97 Å². The van der Waals surface area contributed by atoms with Crippen molar-refractivity contribution in [2.45, 2.75) is 12.0 Å². The zero-order valence-corrected chi connectivity index (χ0v) is 14.7. The van der Waals surface area contributed by atoms with E-state index in [0.717, 1.165) is 6.20 Å². The number of likely N-dealkylation sites (tertiary alicyclic amines) is 1. The summed E-state index contributed by atoms with van der Waals surface area (Å²) in [6.07, 6.45) is 1.47. The van der Waals surface area contributed by atoms with Gasteiger partial charge in [-0.15, -0.1) is 0 Å². The Kier molecular flexibility index (Phi) is 4.88. The summed E-state index contributed by atoms with van der Waals surface area (Å²) in [5, 5.41) is 19.3. The zero-order chi connectivity index (χ0) is 18.9. The van der Waals surface area contributed by atoms with Gasteiger partial charge in [0, 0.05) is 31.8 Å². The Morgan fingerprint density at radius 1 is 1.35 bits per heavy atom. The van der Waals surface area contributed by atoms with Gasteiger partial charge in [-0.3, -0.25) is 4.79 Å². The molecule has 2 N–H and O–H groups in total. The number of nitrogens with zero attached hydrogens (tertiary/aromatic N) is 4. The number of aliphatic hydroxyl groups excluding tert-OH is 1. The van der Waals surface area contributed by atoms with Gasteiger partial charge in [-0.1, -0.05) is 12.1 Å². The summed E-state index contributed by atoms with van der Waals surface area (Å²) >= 11 is 0. The summed E-state index contributed by atoms with van der Waals surface area (Å²) in [6, 6.07) is 6.70. The maximum Gasteiger partial charge on any atom is 0.253 e. The van der Waals surface area contributed by atoms with Gasteiger partial charge in [-0.25, -0.2) is 14.4 Å². The van der Waals surface area contributed by atoms with Gasteiger partial charge in [-0.05, 0) is 18.6 Å². The predicted molar refractivity (Wildman–Crippen MR) is 94.3 cm³/mol. The Hall–Kier alpha value is -2.58. The molecule has 1 aliphatic heterocycles. The van der Waals surface area contributed by atoms with Crippen LogP contribution in [0.2, 0.25) is 0 Å². The van der Waals surface area contributed by atoms with Crippen LogP contribution in [0.3, 0.4) is 0 Å². The Morgan fingerprint density at radius 2 is 2.04 bits per heavy atom. The van der Waals surface area contributed by atoms with Crippen molar-refractivity contribution in [3.63, 3.8) is 0 Å². The molecule has 0 saturated carbocycles. The second kappa shape index (κ2) is 6.97. The van der Waals surface area contributed by atoms with Crippen LogP contribution in [0.4, 0.5) is 10.2 Å². The number of β-amino-alcohol motifs (C(OH)–C–C–N with tert-alkyl or cyclic N) is 1. The minimum Gasteiger partial charge on any atom is -0.393 e. The second-order valence-electron chi connectivity index (χ2n) is 6.70. The van der Waals surface area contributed by atoms with Gasteiger partial charge in [0.05, 0.1) is 19.3 Å². The number of benzene rings is 1. The number of carbonyl (C=O) groups is 1. The largest absolute Gasteiger partial charge is 0.393 e. The van der Waals surface area contributed by atoms with Crippen molar-refractivity contribution >= 4 is 11.7 Å². The molecule has 1 saturated heterocycles. The summed E-state index contributed by atoms with van der Waals surface area (Å²) in [4.78, 5) is 23.8. The van der Waals surface area contributed by atoms with E-state index in [-0.39, 0.29) is 24.9 Å². The maximum absolute atomic E-state index is 13.7. The van der Waals surface area contributed by atoms with Crippen molar-refractivity contribution in [3.05, 3.63) is 41.8 Å². The third kappa shape index (κ3) is 3.51. The summed E-state index contributed by atoms with van der Waals surface area (Å²) in [5.41, 5.74) is -0.0936. The Bertz CT molecular complexity index is 813. The molecule has 0 bridgehead atoms. The zero-order valence-electron chi connectivity index (χ0n) is 14.7. The number of halogens is 1. The highest BCUT2D eigenvalue weighted by molar-refractivity contribution is 5.94. The fourth-order valence-corrected chi connectivity index (χ4v) is 2.91. The second-order valence-corrected chi connectivity index (χ2v) is 6.70. The van der Waals surface area contributed by atoms with Crippen LogP contribution in [0.1, 0.15) is 16.8 Å². The average Bonchev–Trinajstić information content (AvgIpc) is 3.04. The van der Waals surface area contributed by atoms with Crippen molar-refractivity contribution in [2.24, 2.45) is 0 Å². The van der Waals surface area contributed by atoms with Crippen molar-refractivity contribution < 1.29 is 19.4 Å². The number of hydrogen-bond acceptors (Lipinski definition) is 6. The molecule has 2 heterocycles. The molecule has 7 nitrogen and oxygen atoms in total. The van der Waals surface area contributed by atoms with E-state index >= 15 is 0 Å². The van der Waals surface area contributed by atoms with Crippen molar-refractivity contribution in [1.29, 1.82) is 0 Å². The lowest BCUT2D eigenvalue weighted by Crippen LogP contribution is -2.38. The van der Waals surface area contributed by atoms with Crippen molar-refractivity contribution in [3.8, 4) is 11.4 Å². The van der Waals surface area contributed by atoms with E-state index < -0.39 is 11.4 Å². The van der Waals surface area contributed by atoms with Crippen LogP contribution in [0.5, 0.6) is 0 Å². The molecule has 1 aromatic carbocycles. The Balaban J connectivity index is 1.79. The van der Waals surface area contributed by atoms with Crippen molar-refractivity contribution in [1.82, 2.24) is 14.9 Å². The number of aliphatic hydroxyl groups is 2. The molecule has 26 heavy (non-hydrogen) atoms. The van der Waals surface area contributed by atoms with Gasteiger partial charge < -0.3 is 20.0 Å². The predicted octanol–water partition coefficient (Wildman–Crippen LogP) is 0.918. The summed E-state index contributed by atoms with van der Waals surface area (Å²) in [6.45, 7) is 0.133. The molecule has 138 valence electrons. The molecule has 0 radical (unpaired) electrons. The fraction of sp³-hybridized carbons (Fsp3) is 0.389. The number of amides is 1. The molecule has 0 aliphatic carbocycles. The minimum absolute atomic E-state index is 0.108. The molecular weight excluding hydrogens is 339 g/mol. The van der Waals surface area contributed by atoms with Gasteiger partial charge in [0.15, 0.2) is 17.5 Å². The fourth-order valence-electron chi connectivity index (χ4n) is 2.91. The van der Waals surface area contributed by atoms with Crippen LogP contribution >= 0.6 is 0 Å². The Morgan fingerprint density at radius 3 is 2.62 bits per heavy atom. The van der Waals surface area contributed by atoms with Gasteiger partial charge in [0.25, 0.3) is 5.91 Å². The number of hydrogen-bond donors (Lipinski definition) is 2. The first-order valence-corrected chi connectivity index (χ1v) is 8.26. The van der Waals surface area contributed by atoms with Gasteiger partial charge in [-0.2, -0.15) is 0 Å². The summed E-state index contributed by atoms with van der Waals surface area (Å²) < 4.78 is 13.7. The summed E-state index contributed by atoms with van der Waals surface area (Å²) in [7, 11) is 3.39. The molecular formula is C18H21FN4O3. The lowest BCUT2D eigenvalue weighted by molar-refractivity contribution is -0.00455. The van der Waals surface area contributed by atoms with Gasteiger partial charge >= 0.3 is 0 Å². The quantitative estimate of drug-likeness (QED) is 0.843. The van der Waals surface area contributed by atoms with Crippen LogP contribution in [0, 0.1) is 5.82 Å². The van der Waals surface area contributed by atoms with Crippen LogP contribution in [0.15, 0.2) is 30.5 Å². The molecule has 1 aromatic heterocycles. The van der Waals surface area contributed by atoms with Crippen LogP contribution in [0.25, 0.3) is 11.4 Å². The lowest BCUT2D eigenvalue weighted by Gasteiger charge is -2.21. The molecule has 2 aromatic rings. The molecule has 0 spiro atoms. The molecule has 1 fully saturated rings. The third-order valence-corrected chi connectivity index (χ3v) is 4.45. The first kappa shape index (κ1) is 18.2. The summed E-state index contributed by atoms with van der Waals surface area (Å²) in [5.74, 6) is -0.161. The highest BCUT2D eigenvalue weighted by atomic mass is 19.1. The smallest absolute Gasteiger partial charge is 0.253 e. The molecule has 1 amide bonds. The van der Waals surface area contributed by atoms with E-state index in [4.69, 9.17) is 0 Å². The lowest BCUT2D eigenvalue weighted by atomic mass is 10.1. The number of anilines is 1. The molecule has 1 aliphatic rings. The van der Waals surface area contributed by atoms with E-state index in [1.54, 1.807) is 43.3 Å². The normalized spacial score (nSPS) is 19.7.